The molecule has 0 radical (unpaired) electrons. The van der Waals surface area contributed by atoms with Gasteiger partial charge in [-0.15, -0.1) is 0 Å². The molecule has 2 aromatic rings. The minimum absolute atomic E-state index is 0.332. The summed E-state index contributed by atoms with van der Waals surface area (Å²) in [5.74, 6) is -0.726. The van der Waals surface area contributed by atoms with E-state index in [2.05, 4.69) is 15.5 Å². The van der Waals surface area contributed by atoms with Gasteiger partial charge in [0.2, 0.25) is 0 Å². The van der Waals surface area contributed by atoms with Gasteiger partial charge in [0.15, 0.2) is 5.69 Å². The molecule has 0 fully saturated rings. The van der Waals surface area contributed by atoms with Crippen LogP contribution in [0.3, 0.4) is 0 Å². The molecule has 2 aromatic heterocycles. The SMILES string of the molecule is CCn1ncc(NC(=O)c2cc(C(F)(F)F)[nH]n2)c1C. The lowest BCUT2D eigenvalue weighted by atomic mass is 10.3. The lowest BCUT2D eigenvalue weighted by molar-refractivity contribution is -0.141. The molecule has 0 unspecified atom stereocenters. The highest BCUT2D eigenvalue weighted by Crippen LogP contribution is 2.27. The fourth-order valence-electron chi connectivity index (χ4n) is 1.66. The van der Waals surface area contributed by atoms with Crippen LogP contribution >= 0.6 is 0 Å². The van der Waals surface area contributed by atoms with Crippen LogP contribution in [0.2, 0.25) is 0 Å². The third-order valence-electron chi connectivity index (χ3n) is 2.77. The Labute approximate surface area is 112 Å². The van der Waals surface area contributed by atoms with Crippen LogP contribution in [0.25, 0.3) is 0 Å². The molecule has 0 spiro atoms. The number of nitrogens with zero attached hydrogens (tertiary/aromatic N) is 3. The van der Waals surface area contributed by atoms with E-state index in [9.17, 15) is 18.0 Å². The van der Waals surface area contributed by atoms with Gasteiger partial charge in [0.1, 0.15) is 5.69 Å². The van der Waals surface area contributed by atoms with Crippen LogP contribution < -0.4 is 5.32 Å². The molecule has 2 N–H and O–H groups in total. The maximum Gasteiger partial charge on any atom is 0.432 e. The summed E-state index contributed by atoms with van der Waals surface area (Å²) >= 11 is 0. The summed E-state index contributed by atoms with van der Waals surface area (Å²) in [4.78, 5) is 11.8. The largest absolute Gasteiger partial charge is 0.432 e. The first kappa shape index (κ1) is 14.1. The first-order valence-electron chi connectivity index (χ1n) is 5.79. The van der Waals surface area contributed by atoms with E-state index in [4.69, 9.17) is 0 Å². The van der Waals surface area contributed by atoms with Crippen molar-refractivity contribution in [2.45, 2.75) is 26.6 Å². The van der Waals surface area contributed by atoms with E-state index in [1.807, 2.05) is 6.92 Å². The summed E-state index contributed by atoms with van der Waals surface area (Å²) in [7, 11) is 0. The van der Waals surface area contributed by atoms with Crippen molar-refractivity contribution in [2.75, 3.05) is 5.32 Å². The number of rotatable bonds is 3. The second-order valence-corrected chi connectivity index (χ2v) is 4.08. The number of hydrogen-bond donors (Lipinski definition) is 2. The Balaban J connectivity index is 2.16. The number of aryl methyl sites for hydroxylation is 1. The van der Waals surface area contributed by atoms with E-state index in [1.54, 1.807) is 16.7 Å². The molecular weight excluding hydrogens is 275 g/mol. The van der Waals surface area contributed by atoms with Crippen molar-refractivity contribution >= 4 is 11.6 Å². The number of carbonyl (C=O) groups excluding carboxylic acids is 1. The van der Waals surface area contributed by atoms with Gasteiger partial charge in [-0.1, -0.05) is 0 Å². The van der Waals surface area contributed by atoms with E-state index in [0.717, 1.165) is 0 Å². The van der Waals surface area contributed by atoms with Gasteiger partial charge in [-0.05, 0) is 13.8 Å². The summed E-state index contributed by atoms with van der Waals surface area (Å²) < 4.78 is 38.8. The summed E-state index contributed by atoms with van der Waals surface area (Å²) in [6.45, 7) is 4.26. The zero-order valence-corrected chi connectivity index (χ0v) is 10.7. The highest BCUT2D eigenvalue weighted by molar-refractivity contribution is 6.03. The molecule has 108 valence electrons. The van der Waals surface area contributed by atoms with Gasteiger partial charge >= 0.3 is 6.18 Å². The summed E-state index contributed by atoms with van der Waals surface area (Å²) in [5, 5.41) is 11.6. The predicted octanol–water partition coefficient (Wildman–Crippen LogP) is 2.21. The number of H-pyrrole nitrogens is 1. The van der Waals surface area contributed by atoms with E-state index in [0.29, 0.717) is 24.0 Å². The van der Waals surface area contributed by atoms with Crippen molar-refractivity contribution < 1.29 is 18.0 Å². The first-order chi connectivity index (χ1) is 9.32. The molecule has 0 aromatic carbocycles. The molecule has 0 saturated heterocycles. The third-order valence-corrected chi connectivity index (χ3v) is 2.77. The van der Waals surface area contributed by atoms with Crippen molar-refractivity contribution in [2.24, 2.45) is 0 Å². The van der Waals surface area contributed by atoms with Gasteiger partial charge in [0, 0.05) is 12.6 Å². The van der Waals surface area contributed by atoms with E-state index >= 15 is 0 Å². The number of aromatic amines is 1. The number of carbonyl (C=O) groups is 1. The van der Waals surface area contributed by atoms with Crippen LogP contribution in [0.1, 0.15) is 28.8 Å². The topological polar surface area (TPSA) is 75.6 Å². The molecule has 20 heavy (non-hydrogen) atoms. The zero-order valence-electron chi connectivity index (χ0n) is 10.7. The zero-order chi connectivity index (χ0) is 14.9. The Morgan fingerprint density at radius 2 is 2.20 bits per heavy atom. The molecular formula is C11H12F3N5O. The average Bonchev–Trinajstić information content (AvgIpc) is 2.97. The Kier molecular flexibility index (Phi) is 3.51. The highest BCUT2D eigenvalue weighted by atomic mass is 19.4. The van der Waals surface area contributed by atoms with Gasteiger partial charge in [-0.25, -0.2) is 0 Å². The second-order valence-electron chi connectivity index (χ2n) is 4.08. The second kappa shape index (κ2) is 4.99. The van der Waals surface area contributed by atoms with E-state index in [1.165, 1.54) is 6.20 Å². The van der Waals surface area contributed by atoms with Gasteiger partial charge in [-0.2, -0.15) is 23.4 Å². The number of anilines is 1. The Morgan fingerprint density at radius 3 is 2.70 bits per heavy atom. The lowest BCUT2D eigenvalue weighted by Crippen LogP contribution is -2.13. The maximum absolute atomic E-state index is 12.4. The molecule has 0 aliphatic heterocycles. The summed E-state index contributed by atoms with van der Waals surface area (Å²) in [5.41, 5.74) is -0.245. The van der Waals surface area contributed by atoms with Crippen LogP contribution in [-0.4, -0.2) is 25.9 Å². The third kappa shape index (κ3) is 2.65. The molecule has 9 heteroatoms. The lowest BCUT2D eigenvalue weighted by Gasteiger charge is -2.03. The molecule has 0 saturated carbocycles. The first-order valence-corrected chi connectivity index (χ1v) is 5.79. The monoisotopic (exact) mass is 287 g/mol. The van der Waals surface area contributed by atoms with Crippen LogP contribution in [0.5, 0.6) is 0 Å². The maximum atomic E-state index is 12.4. The van der Waals surface area contributed by atoms with Gasteiger partial charge in [-0.3, -0.25) is 14.6 Å². The Hall–Kier alpha value is -2.32. The van der Waals surface area contributed by atoms with Gasteiger partial charge < -0.3 is 5.32 Å². The van der Waals surface area contributed by atoms with E-state index < -0.39 is 17.8 Å². The number of aromatic nitrogens is 4. The average molecular weight is 287 g/mol. The molecule has 2 rings (SSSR count). The van der Waals surface area contributed by atoms with Crippen LogP contribution in [0.4, 0.5) is 18.9 Å². The normalized spacial score (nSPS) is 11.7. The molecule has 6 nitrogen and oxygen atoms in total. The fourth-order valence-corrected chi connectivity index (χ4v) is 1.66. The van der Waals surface area contributed by atoms with E-state index in [-0.39, 0.29) is 5.69 Å². The van der Waals surface area contributed by atoms with Gasteiger partial charge in [0.05, 0.1) is 17.6 Å². The number of alkyl halides is 3. The smallest absolute Gasteiger partial charge is 0.318 e. The number of amides is 1. The quantitative estimate of drug-likeness (QED) is 0.908. The van der Waals surface area contributed by atoms with Crippen molar-refractivity contribution in [3.05, 3.63) is 29.3 Å². The minimum atomic E-state index is -4.56. The molecule has 0 aliphatic rings. The summed E-state index contributed by atoms with van der Waals surface area (Å²) in [6, 6.07) is 0.662. The van der Waals surface area contributed by atoms with Crippen molar-refractivity contribution in [1.82, 2.24) is 20.0 Å². The van der Waals surface area contributed by atoms with Crippen LogP contribution in [0.15, 0.2) is 12.3 Å². The molecule has 0 bridgehead atoms. The number of nitrogens with one attached hydrogen (secondary N) is 2. The number of halogens is 3. The van der Waals surface area contributed by atoms with Crippen molar-refractivity contribution in [3.63, 3.8) is 0 Å². The molecule has 0 atom stereocenters. The van der Waals surface area contributed by atoms with Crippen LogP contribution in [0, 0.1) is 6.92 Å². The van der Waals surface area contributed by atoms with Crippen molar-refractivity contribution in [1.29, 1.82) is 0 Å². The van der Waals surface area contributed by atoms with Gasteiger partial charge in [0.25, 0.3) is 5.91 Å². The summed E-state index contributed by atoms with van der Waals surface area (Å²) in [6.07, 6.45) is -3.12. The van der Waals surface area contributed by atoms with Crippen LogP contribution in [-0.2, 0) is 12.7 Å². The Bertz CT molecular complexity index is 628. The molecule has 2 heterocycles. The standard InChI is InChI=1S/C11H12F3N5O/c1-3-19-6(2)8(5-15-19)16-10(20)7-4-9(18-17-7)11(12,13)14/h4-5H,3H2,1-2H3,(H,16,20)(H,17,18). The Morgan fingerprint density at radius 1 is 1.50 bits per heavy atom. The predicted molar refractivity (Wildman–Crippen MR) is 64.2 cm³/mol. The molecule has 0 aliphatic carbocycles. The minimum Gasteiger partial charge on any atom is -0.318 e. The number of hydrogen-bond acceptors (Lipinski definition) is 3. The highest BCUT2D eigenvalue weighted by Gasteiger charge is 2.33. The van der Waals surface area contributed by atoms with Crippen molar-refractivity contribution in [3.8, 4) is 0 Å². The molecule has 1 amide bonds. The fraction of sp³-hybridized carbons (Fsp3) is 0.364.